The maximum atomic E-state index is 12.2. The van der Waals surface area contributed by atoms with Crippen LogP contribution in [0.3, 0.4) is 0 Å². The molecule has 0 aliphatic rings. The van der Waals surface area contributed by atoms with E-state index in [2.05, 4.69) is 15.7 Å². The maximum Gasteiger partial charge on any atom is 0.261 e. The summed E-state index contributed by atoms with van der Waals surface area (Å²) in [6.45, 7) is 0.250. The van der Waals surface area contributed by atoms with E-state index in [4.69, 9.17) is 11.6 Å². The highest BCUT2D eigenvalue weighted by molar-refractivity contribution is 7.12. The van der Waals surface area contributed by atoms with Gasteiger partial charge in [-0.2, -0.15) is 5.10 Å². The second-order valence-corrected chi connectivity index (χ2v) is 6.47. The maximum absolute atomic E-state index is 12.2. The number of nitrogens with one attached hydrogen (secondary N) is 2. The number of carbonyl (C=O) groups excluding carboxylic acids is 2. The van der Waals surface area contributed by atoms with E-state index < -0.39 is 0 Å². The molecular weight excluding hydrogens is 360 g/mol. The van der Waals surface area contributed by atoms with Crippen LogP contribution in [0.25, 0.3) is 5.69 Å². The van der Waals surface area contributed by atoms with Gasteiger partial charge in [-0.1, -0.05) is 23.7 Å². The van der Waals surface area contributed by atoms with E-state index in [9.17, 15) is 9.59 Å². The van der Waals surface area contributed by atoms with Crippen molar-refractivity contribution in [2.24, 2.45) is 0 Å². The lowest BCUT2D eigenvalue weighted by Gasteiger charge is -2.13. The fraction of sp³-hybridized carbons (Fsp3) is 0.118. The highest BCUT2D eigenvalue weighted by Gasteiger charge is 2.13. The fourth-order valence-electron chi connectivity index (χ4n) is 2.25. The van der Waals surface area contributed by atoms with Crippen molar-refractivity contribution < 1.29 is 9.59 Å². The molecule has 0 radical (unpaired) electrons. The molecule has 2 aromatic heterocycles. The van der Waals surface area contributed by atoms with Gasteiger partial charge in [-0.05, 0) is 29.6 Å². The monoisotopic (exact) mass is 374 g/mol. The second-order valence-electron chi connectivity index (χ2n) is 5.12. The van der Waals surface area contributed by atoms with Crippen molar-refractivity contribution in [2.45, 2.75) is 6.42 Å². The number of amides is 2. The van der Waals surface area contributed by atoms with Gasteiger partial charge >= 0.3 is 0 Å². The highest BCUT2D eigenvalue weighted by atomic mass is 35.5. The SMILES string of the molecule is O=C(CCNC(=O)c1cccs1)Nc1cccc(Cl)c1-n1cccn1. The van der Waals surface area contributed by atoms with Gasteiger partial charge in [0.25, 0.3) is 5.91 Å². The Morgan fingerprint density at radius 1 is 1.20 bits per heavy atom. The van der Waals surface area contributed by atoms with Crippen molar-refractivity contribution in [1.82, 2.24) is 15.1 Å². The summed E-state index contributed by atoms with van der Waals surface area (Å²) in [5.41, 5.74) is 1.16. The van der Waals surface area contributed by atoms with E-state index in [0.29, 0.717) is 21.3 Å². The van der Waals surface area contributed by atoms with Gasteiger partial charge in [-0.25, -0.2) is 4.68 Å². The summed E-state index contributed by atoms with van der Waals surface area (Å²) in [4.78, 5) is 24.6. The normalized spacial score (nSPS) is 10.4. The van der Waals surface area contributed by atoms with Crippen molar-refractivity contribution in [3.8, 4) is 5.69 Å². The zero-order valence-corrected chi connectivity index (χ0v) is 14.7. The number of hydrogen-bond donors (Lipinski definition) is 2. The highest BCUT2D eigenvalue weighted by Crippen LogP contribution is 2.28. The van der Waals surface area contributed by atoms with Crippen molar-refractivity contribution in [3.05, 3.63) is 64.1 Å². The van der Waals surface area contributed by atoms with Crippen LogP contribution in [0.2, 0.25) is 5.02 Å². The average molecular weight is 375 g/mol. The first kappa shape index (κ1) is 17.2. The summed E-state index contributed by atoms with van der Waals surface area (Å²) in [5.74, 6) is -0.398. The minimum Gasteiger partial charge on any atom is -0.351 e. The quantitative estimate of drug-likeness (QED) is 0.694. The molecule has 25 heavy (non-hydrogen) atoms. The van der Waals surface area contributed by atoms with Crippen molar-refractivity contribution in [2.75, 3.05) is 11.9 Å². The summed E-state index contributed by atoms with van der Waals surface area (Å²) < 4.78 is 1.59. The summed E-state index contributed by atoms with van der Waals surface area (Å²) in [7, 11) is 0. The predicted octanol–water partition coefficient (Wildman–Crippen LogP) is 3.35. The van der Waals surface area contributed by atoms with Crippen LogP contribution in [0.1, 0.15) is 16.1 Å². The summed E-state index contributed by atoms with van der Waals surface area (Å²) in [6.07, 6.45) is 3.54. The number of hydrogen-bond acceptors (Lipinski definition) is 4. The van der Waals surface area contributed by atoms with E-state index in [1.54, 1.807) is 47.4 Å². The Kier molecular flexibility index (Phi) is 5.47. The molecule has 0 unspecified atom stereocenters. The lowest BCUT2D eigenvalue weighted by Crippen LogP contribution is -2.27. The van der Waals surface area contributed by atoms with Gasteiger partial charge in [-0.15, -0.1) is 11.3 Å². The minimum atomic E-state index is -0.220. The van der Waals surface area contributed by atoms with Crippen LogP contribution < -0.4 is 10.6 Å². The number of para-hydroxylation sites is 1. The van der Waals surface area contributed by atoms with Crippen LogP contribution in [-0.4, -0.2) is 28.1 Å². The Morgan fingerprint density at radius 3 is 2.80 bits per heavy atom. The molecule has 0 aliphatic carbocycles. The number of nitrogens with zero attached hydrogens (tertiary/aromatic N) is 2. The van der Waals surface area contributed by atoms with Crippen molar-refractivity contribution >= 4 is 40.4 Å². The number of rotatable bonds is 6. The molecule has 0 bridgehead atoms. The molecule has 2 heterocycles. The number of carbonyl (C=O) groups is 2. The van der Waals surface area contributed by atoms with E-state index in [-0.39, 0.29) is 24.8 Å². The third-order valence-electron chi connectivity index (χ3n) is 3.38. The van der Waals surface area contributed by atoms with Crippen LogP contribution in [0.15, 0.2) is 54.2 Å². The van der Waals surface area contributed by atoms with Gasteiger partial charge in [0.1, 0.15) is 5.69 Å². The molecule has 3 aromatic rings. The Hall–Kier alpha value is -2.64. The Morgan fingerprint density at radius 2 is 2.08 bits per heavy atom. The van der Waals surface area contributed by atoms with E-state index >= 15 is 0 Å². The number of aromatic nitrogens is 2. The van der Waals surface area contributed by atoms with Gasteiger partial charge in [0.15, 0.2) is 0 Å². The zero-order valence-electron chi connectivity index (χ0n) is 13.1. The van der Waals surface area contributed by atoms with Crippen LogP contribution in [0, 0.1) is 0 Å². The molecule has 128 valence electrons. The van der Waals surface area contributed by atoms with E-state index in [1.807, 2.05) is 11.4 Å². The molecule has 0 fully saturated rings. The van der Waals surface area contributed by atoms with Gasteiger partial charge in [-0.3, -0.25) is 9.59 Å². The van der Waals surface area contributed by atoms with E-state index in [1.165, 1.54) is 11.3 Å². The molecule has 2 N–H and O–H groups in total. The van der Waals surface area contributed by atoms with Crippen LogP contribution in [-0.2, 0) is 4.79 Å². The summed E-state index contributed by atoms with van der Waals surface area (Å²) >= 11 is 7.60. The first-order valence-corrected chi connectivity index (χ1v) is 8.81. The molecule has 3 rings (SSSR count). The summed E-state index contributed by atoms with van der Waals surface area (Å²) in [5, 5.41) is 12.0. The average Bonchev–Trinajstić information content (AvgIpc) is 3.29. The van der Waals surface area contributed by atoms with Crippen LogP contribution in [0.4, 0.5) is 5.69 Å². The molecule has 1 aromatic carbocycles. The molecular formula is C17H15ClN4O2S. The standard InChI is InChI=1S/C17H15ClN4O2S/c18-12-4-1-5-13(16(12)22-10-3-8-20-22)21-15(23)7-9-19-17(24)14-6-2-11-25-14/h1-6,8,10-11H,7,9H2,(H,19,24)(H,21,23). The Labute approximate surface area is 153 Å². The zero-order chi connectivity index (χ0) is 17.6. The molecule has 0 saturated carbocycles. The first-order chi connectivity index (χ1) is 12.1. The largest absolute Gasteiger partial charge is 0.351 e. The lowest BCUT2D eigenvalue weighted by atomic mass is 10.2. The first-order valence-electron chi connectivity index (χ1n) is 7.55. The number of benzene rings is 1. The number of halogens is 1. The third kappa shape index (κ3) is 4.26. The third-order valence-corrected chi connectivity index (χ3v) is 4.55. The lowest BCUT2D eigenvalue weighted by molar-refractivity contribution is -0.116. The fourth-order valence-corrected chi connectivity index (χ4v) is 3.15. The second kappa shape index (κ2) is 7.96. The summed E-state index contributed by atoms with van der Waals surface area (Å²) in [6, 6.07) is 10.6. The number of thiophene rings is 1. The van der Waals surface area contributed by atoms with Crippen LogP contribution >= 0.6 is 22.9 Å². The van der Waals surface area contributed by atoms with Crippen molar-refractivity contribution in [3.63, 3.8) is 0 Å². The topological polar surface area (TPSA) is 76.0 Å². The molecule has 0 aliphatic heterocycles. The number of anilines is 1. The molecule has 0 atom stereocenters. The molecule has 0 spiro atoms. The van der Waals surface area contributed by atoms with Gasteiger partial charge in [0.2, 0.25) is 5.91 Å². The molecule has 6 nitrogen and oxygen atoms in total. The van der Waals surface area contributed by atoms with Gasteiger partial charge in [0, 0.05) is 25.4 Å². The molecule has 8 heteroatoms. The molecule has 0 saturated heterocycles. The van der Waals surface area contributed by atoms with Crippen molar-refractivity contribution in [1.29, 1.82) is 0 Å². The molecule has 2 amide bonds. The van der Waals surface area contributed by atoms with E-state index in [0.717, 1.165) is 0 Å². The Bertz CT molecular complexity index is 863. The minimum absolute atomic E-state index is 0.155. The predicted molar refractivity (Wildman–Crippen MR) is 98.5 cm³/mol. The van der Waals surface area contributed by atoms with Crippen LogP contribution in [0.5, 0.6) is 0 Å². The van der Waals surface area contributed by atoms with Gasteiger partial charge in [0.05, 0.1) is 15.6 Å². The Balaban J connectivity index is 1.60. The smallest absolute Gasteiger partial charge is 0.261 e. The van der Waals surface area contributed by atoms with Gasteiger partial charge < -0.3 is 10.6 Å².